The van der Waals surface area contributed by atoms with Gasteiger partial charge >= 0.3 is 0 Å². The first-order chi connectivity index (χ1) is 5.66. The number of thioether (sulfide) groups is 1. The molecule has 0 bridgehead atoms. The molecule has 0 saturated heterocycles. The molecule has 0 aromatic heterocycles. The van der Waals surface area contributed by atoms with Crippen molar-refractivity contribution in [2.75, 3.05) is 6.26 Å². The summed E-state index contributed by atoms with van der Waals surface area (Å²) >= 11 is 6.41. The lowest BCUT2D eigenvalue weighted by atomic mass is 10.2. The van der Waals surface area contributed by atoms with Crippen molar-refractivity contribution >= 4 is 28.6 Å². The molecular formula is C8H6ClFOS. The predicted molar refractivity (Wildman–Crippen MR) is 48.4 cm³/mol. The van der Waals surface area contributed by atoms with Crippen molar-refractivity contribution in [3.63, 3.8) is 0 Å². The van der Waals surface area contributed by atoms with Gasteiger partial charge in [-0.05, 0) is 30.0 Å². The van der Waals surface area contributed by atoms with Gasteiger partial charge in [0, 0.05) is 0 Å². The maximum atomic E-state index is 13.0. The third kappa shape index (κ3) is 1.79. The molecular weight excluding hydrogens is 199 g/mol. The topological polar surface area (TPSA) is 17.1 Å². The van der Waals surface area contributed by atoms with Crippen LogP contribution in [0.3, 0.4) is 0 Å². The summed E-state index contributed by atoms with van der Waals surface area (Å²) in [6, 6.07) is 4.27. The molecule has 0 atom stereocenters. The molecule has 0 aliphatic carbocycles. The van der Waals surface area contributed by atoms with Crippen LogP contribution in [0.15, 0.2) is 23.1 Å². The quantitative estimate of drug-likeness (QED) is 0.544. The lowest BCUT2D eigenvalue weighted by molar-refractivity contribution is 0.107. The van der Waals surface area contributed by atoms with E-state index in [9.17, 15) is 9.18 Å². The van der Waals surface area contributed by atoms with E-state index in [1.807, 2.05) is 0 Å². The molecule has 0 unspecified atom stereocenters. The molecule has 64 valence electrons. The van der Waals surface area contributed by atoms with Gasteiger partial charge in [0.15, 0.2) is 0 Å². The third-order valence-corrected chi connectivity index (χ3v) is 2.41. The van der Waals surface area contributed by atoms with Crippen molar-refractivity contribution in [2.24, 2.45) is 0 Å². The molecule has 0 saturated carbocycles. The van der Waals surface area contributed by atoms with Crippen molar-refractivity contribution < 1.29 is 9.18 Å². The summed E-state index contributed by atoms with van der Waals surface area (Å²) in [7, 11) is 0. The highest BCUT2D eigenvalue weighted by molar-refractivity contribution is 7.98. The van der Waals surface area contributed by atoms with Gasteiger partial charge in [0.05, 0.1) is 10.5 Å². The highest BCUT2D eigenvalue weighted by Crippen LogP contribution is 2.24. The Hall–Kier alpha value is -0.540. The minimum atomic E-state index is -0.626. The van der Waals surface area contributed by atoms with Crippen molar-refractivity contribution in [3.8, 4) is 0 Å². The number of carbonyl (C=O) groups is 1. The van der Waals surface area contributed by atoms with E-state index in [0.29, 0.717) is 4.90 Å². The van der Waals surface area contributed by atoms with Crippen LogP contribution >= 0.6 is 23.4 Å². The average Bonchev–Trinajstić information content (AvgIpc) is 2.03. The predicted octanol–water partition coefficient (Wildman–Crippen LogP) is 2.93. The average molecular weight is 205 g/mol. The van der Waals surface area contributed by atoms with Gasteiger partial charge in [-0.15, -0.1) is 11.8 Å². The summed E-state index contributed by atoms with van der Waals surface area (Å²) in [4.78, 5) is 11.1. The molecule has 0 radical (unpaired) electrons. The Morgan fingerprint density at radius 3 is 2.67 bits per heavy atom. The van der Waals surface area contributed by atoms with Gasteiger partial charge in [-0.3, -0.25) is 4.79 Å². The van der Waals surface area contributed by atoms with E-state index in [2.05, 4.69) is 0 Å². The van der Waals surface area contributed by atoms with Crippen LogP contribution in [0.25, 0.3) is 0 Å². The van der Waals surface area contributed by atoms with Gasteiger partial charge < -0.3 is 0 Å². The maximum absolute atomic E-state index is 13.0. The Labute approximate surface area is 78.9 Å². The van der Waals surface area contributed by atoms with E-state index >= 15 is 0 Å². The molecule has 0 aliphatic rings. The van der Waals surface area contributed by atoms with Crippen LogP contribution in [0.4, 0.5) is 4.39 Å². The first-order valence-corrected chi connectivity index (χ1v) is 4.79. The normalized spacial score (nSPS) is 9.92. The standard InChI is InChI=1S/C8H6ClFOS/c1-12-7-5(8(9)11)3-2-4-6(7)10/h2-4H,1H3. The number of hydrogen-bond donors (Lipinski definition) is 0. The van der Waals surface area contributed by atoms with Gasteiger partial charge in [-0.2, -0.15) is 0 Å². The zero-order valence-electron chi connectivity index (χ0n) is 6.30. The molecule has 1 rings (SSSR count). The summed E-state index contributed by atoms with van der Waals surface area (Å²) in [5.74, 6) is -0.408. The fourth-order valence-electron chi connectivity index (χ4n) is 0.871. The Morgan fingerprint density at radius 1 is 1.58 bits per heavy atom. The van der Waals surface area contributed by atoms with Crippen molar-refractivity contribution in [1.29, 1.82) is 0 Å². The molecule has 1 aromatic rings. The lowest BCUT2D eigenvalue weighted by Gasteiger charge is -2.02. The maximum Gasteiger partial charge on any atom is 0.253 e. The molecule has 0 amide bonds. The van der Waals surface area contributed by atoms with Crippen LogP contribution in [-0.2, 0) is 0 Å². The largest absolute Gasteiger partial charge is 0.276 e. The van der Waals surface area contributed by atoms with Crippen LogP contribution < -0.4 is 0 Å². The molecule has 12 heavy (non-hydrogen) atoms. The molecule has 0 aliphatic heterocycles. The van der Waals surface area contributed by atoms with Crippen LogP contribution in [0.1, 0.15) is 10.4 Å². The molecule has 0 heterocycles. The monoisotopic (exact) mass is 204 g/mol. The summed E-state index contributed by atoms with van der Waals surface area (Å²) < 4.78 is 13.0. The zero-order valence-corrected chi connectivity index (χ0v) is 7.88. The van der Waals surface area contributed by atoms with Crippen LogP contribution in [0, 0.1) is 5.82 Å². The Kier molecular flexibility index (Phi) is 3.12. The van der Waals surface area contributed by atoms with E-state index in [1.54, 1.807) is 6.26 Å². The molecule has 0 N–H and O–H groups in total. The van der Waals surface area contributed by atoms with Gasteiger partial charge in [0.2, 0.25) is 0 Å². The number of benzene rings is 1. The number of rotatable bonds is 2. The van der Waals surface area contributed by atoms with Crippen molar-refractivity contribution in [2.45, 2.75) is 4.90 Å². The molecule has 0 fully saturated rings. The summed E-state index contributed by atoms with van der Waals surface area (Å²) in [5, 5.41) is -0.626. The lowest BCUT2D eigenvalue weighted by Crippen LogP contribution is -1.94. The third-order valence-electron chi connectivity index (χ3n) is 1.38. The van der Waals surface area contributed by atoms with Crippen molar-refractivity contribution in [3.05, 3.63) is 29.6 Å². The second-order valence-electron chi connectivity index (χ2n) is 2.09. The van der Waals surface area contributed by atoms with E-state index in [0.717, 1.165) is 0 Å². The fraction of sp³-hybridized carbons (Fsp3) is 0.125. The van der Waals surface area contributed by atoms with Crippen LogP contribution in [0.2, 0.25) is 0 Å². The first kappa shape index (κ1) is 9.55. The number of hydrogen-bond acceptors (Lipinski definition) is 2. The number of carbonyl (C=O) groups excluding carboxylic acids is 1. The highest BCUT2D eigenvalue weighted by atomic mass is 35.5. The Bertz CT molecular complexity index is 314. The molecule has 4 heteroatoms. The zero-order chi connectivity index (χ0) is 9.14. The first-order valence-electron chi connectivity index (χ1n) is 3.19. The fourth-order valence-corrected chi connectivity index (χ4v) is 1.73. The van der Waals surface area contributed by atoms with E-state index < -0.39 is 11.1 Å². The minimum Gasteiger partial charge on any atom is -0.276 e. The van der Waals surface area contributed by atoms with Gasteiger partial charge in [-0.1, -0.05) is 6.07 Å². The minimum absolute atomic E-state index is 0.226. The van der Waals surface area contributed by atoms with E-state index in [-0.39, 0.29) is 5.56 Å². The molecule has 1 aromatic carbocycles. The van der Waals surface area contributed by atoms with Crippen molar-refractivity contribution in [1.82, 2.24) is 0 Å². The smallest absolute Gasteiger partial charge is 0.253 e. The van der Waals surface area contributed by atoms with Gasteiger partial charge in [-0.25, -0.2) is 4.39 Å². The van der Waals surface area contributed by atoms with Crippen LogP contribution in [-0.4, -0.2) is 11.5 Å². The highest BCUT2D eigenvalue weighted by Gasteiger charge is 2.11. The SMILES string of the molecule is CSc1c(F)cccc1C(=O)Cl. The Morgan fingerprint density at radius 2 is 2.25 bits per heavy atom. The second-order valence-corrected chi connectivity index (χ2v) is 3.25. The molecule has 1 nitrogen and oxygen atoms in total. The Balaban J connectivity index is 3.27. The number of halogens is 2. The summed E-state index contributed by atoms with van der Waals surface area (Å²) in [5.41, 5.74) is 0.226. The molecule has 0 spiro atoms. The van der Waals surface area contributed by atoms with E-state index in [1.165, 1.54) is 30.0 Å². The van der Waals surface area contributed by atoms with E-state index in [4.69, 9.17) is 11.6 Å². The summed E-state index contributed by atoms with van der Waals surface area (Å²) in [6.07, 6.45) is 1.70. The summed E-state index contributed by atoms with van der Waals surface area (Å²) in [6.45, 7) is 0. The van der Waals surface area contributed by atoms with Crippen LogP contribution in [0.5, 0.6) is 0 Å². The van der Waals surface area contributed by atoms with Gasteiger partial charge in [0.1, 0.15) is 5.82 Å². The second kappa shape index (κ2) is 3.92. The van der Waals surface area contributed by atoms with Gasteiger partial charge in [0.25, 0.3) is 5.24 Å².